The number of anilines is 1. The van der Waals surface area contributed by atoms with Crippen molar-refractivity contribution in [2.75, 3.05) is 50.7 Å². The van der Waals surface area contributed by atoms with Gasteiger partial charge in [0.2, 0.25) is 0 Å². The van der Waals surface area contributed by atoms with Gasteiger partial charge < -0.3 is 20.2 Å². The number of aromatic nitrogens is 2. The summed E-state index contributed by atoms with van der Waals surface area (Å²) in [6.45, 7) is 7.99. The highest BCUT2D eigenvalue weighted by molar-refractivity contribution is 5.69. The van der Waals surface area contributed by atoms with Gasteiger partial charge in [0.1, 0.15) is 5.75 Å². The topological polar surface area (TPSA) is 64.5 Å². The summed E-state index contributed by atoms with van der Waals surface area (Å²) in [5, 5.41) is 22.4. The average molecular weight is 470 g/mol. The highest BCUT2D eigenvalue weighted by Gasteiger charge is 2.47. The van der Waals surface area contributed by atoms with Crippen LogP contribution >= 0.6 is 0 Å². The number of nitrogens with zero attached hydrogens (tertiary/aromatic N) is 4. The summed E-state index contributed by atoms with van der Waals surface area (Å²) in [6.07, 6.45) is 6.75. The van der Waals surface area contributed by atoms with Crippen LogP contribution in [0.2, 0.25) is 0 Å². The summed E-state index contributed by atoms with van der Waals surface area (Å²) in [6, 6.07) is 20.6. The molecule has 3 fully saturated rings. The highest BCUT2D eigenvalue weighted by atomic mass is 16.3. The SMILES string of the molecule is Oc1ccccc1-c1cc(N2CCC(CN3CC4(CCNCC4)C3)(c3ccccc3)CC2)cnn1. The number of nitrogens with one attached hydrogen (secondary N) is 1. The normalized spacial score (nSPS) is 21.5. The molecule has 1 spiro atoms. The molecule has 35 heavy (non-hydrogen) atoms. The molecule has 1 aromatic heterocycles. The molecule has 0 aliphatic carbocycles. The Labute approximate surface area is 208 Å². The lowest BCUT2D eigenvalue weighted by Gasteiger charge is -2.56. The molecular formula is C29H35N5O. The van der Waals surface area contributed by atoms with E-state index in [1.165, 1.54) is 44.6 Å². The third-order valence-corrected chi connectivity index (χ3v) is 8.60. The van der Waals surface area contributed by atoms with Crippen molar-refractivity contribution >= 4 is 5.69 Å². The Hall–Kier alpha value is -2.96. The quantitative estimate of drug-likeness (QED) is 0.587. The number of aromatic hydroxyl groups is 1. The van der Waals surface area contributed by atoms with E-state index in [1.54, 1.807) is 6.07 Å². The molecule has 0 bridgehead atoms. The minimum absolute atomic E-state index is 0.188. The van der Waals surface area contributed by atoms with Crippen LogP contribution in [0, 0.1) is 5.41 Å². The van der Waals surface area contributed by atoms with Crippen molar-refractivity contribution in [1.29, 1.82) is 0 Å². The number of hydrogen-bond donors (Lipinski definition) is 2. The van der Waals surface area contributed by atoms with E-state index in [2.05, 4.69) is 61.7 Å². The summed E-state index contributed by atoms with van der Waals surface area (Å²) in [5.41, 5.74) is 4.75. The van der Waals surface area contributed by atoms with Crippen LogP contribution in [0.25, 0.3) is 11.3 Å². The molecular weight excluding hydrogens is 434 g/mol. The molecule has 0 radical (unpaired) electrons. The minimum Gasteiger partial charge on any atom is -0.507 e. The van der Waals surface area contributed by atoms with Crippen molar-refractivity contribution in [2.24, 2.45) is 5.41 Å². The van der Waals surface area contributed by atoms with E-state index in [4.69, 9.17) is 0 Å². The maximum atomic E-state index is 10.3. The first-order valence-electron chi connectivity index (χ1n) is 13.0. The fourth-order valence-corrected chi connectivity index (χ4v) is 6.59. The number of para-hydroxylation sites is 1. The first-order chi connectivity index (χ1) is 17.1. The van der Waals surface area contributed by atoms with Crippen LogP contribution in [0.5, 0.6) is 5.75 Å². The van der Waals surface area contributed by atoms with E-state index in [-0.39, 0.29) is 11.2 Å². The monoisotopic (exact) mass is 469 g/mol. The van der Waals surface area contributed by atoms with Crippen molar-refractivity contribution in [3.05, 3.63) is 72.4 Å². The van der Waals surface area contributed by atoms with Crippen LogP contribution in [0.3, 0.4) is 0 Å². The van der Waals surface area contributed by atoms with Gasteiger partial charge in [-0.05, 0) is 68.0 Å². The van der Waals surface area contributed by atoms with Gasteiger partial charge in [-0.25, -0.2) is 0 Å². The second kappa shape index (κ2) is 9.25. The predicted molar refractivity (Wildman–Crippen MR) is 140 cm³/mol. The van der Waals surface area contributed by atoms with Gasteiger partial charge in [0.05, 0.1) is 17.6 Å². The van der Waals surface area contributed by atoms with Gasteiger partial charge >= 0.3 is 0 Å². The Morgan fingerprint density at radius 1 is 0.886 bits per heavy atom. The van der Waals surface area contributed by atoms with Gasteiger partial charge in [-0.15, -0.1) is 0 Å². The Kier molecular flexibility index (Phi) is 5.94. The predicted octanol–water partition coefficient (Wildman–Crippen LogP) is 4.07. The van der Waals surface area contributed by atoms with Crippen LogP contribution in [-0.2, 0) is 5.41 Å². The number of benzene rings is 2. The van der Waals surface area contributed by atoms with Crippen molar-refractivity contribution in [3.63, 3.8) is 0 Å². The van der Waals surface area contributed by atoms with E-state index < -0.39 is 0 Å². The Bertz CT molecular complexity index is 1140. The second-order valence-corrected chi connectivity index (χ2v) is 10.8. The number of hydrogen-bond acceptors (Lipinski definition) is 6. The Morgan fingerprint density at radius 3 is 2.34 bits per heavy atom. The number of rotatable bonds is 5. The molecule has 3 aliphatic heterocycles. The molecule has 6 rings (SSSR count). The molecule has 2 aromatic carbocycles. The van der Waals surface area contributed by atoms with E-state index in [1.807, 2.05) is 24.4 Å². The van der Waals surface area contributed by atoms with Gasteiger partial charge in [-0.3, -0.25) is 0 Å². The summed E-state index contributed by atoms with van der Waals surface area (Å²) in [7, 11) is 0. The van der Waals surface area contributed by atoms with E-state index >= 15 is 0 Å². The van der Waals surface area contributed by atoms with Crippen LogP contribution in [0.1, 0.15) is 31.2 Å². The van der Waals surface area contributed by atoms with Crippen LogP contribution in [-0.4, -0.2) is 66.0 Å². The second-order valence-electron chi connectivity index (χ2n) is 10.8. The molecule has 0 saturated carbocycles. The summed E-state index contributed by atoms with van der Waals surface area (Å²) in [5.74, 6) is 0.238. The van der Waals surface area contributed by atoms with Crippen molar-refractivity contribution in [2.45, 2.75) is 31.1 Å². The smallest absolute Gasteiger partial charge is 0.125 e. The van der Waals surface area contributed by atoms with Gasteiger partial charge in [0.15, 0.2) is 0 Å². The third-order valence-electron chi connectivity index (χ3n) is 8.60. The zero-order chi connectivity index (χ0) is 23.7. The molecule has 3 saturated heterocycles. The first kappa shape index (κ1) is 22.5. The fraction of sp³-hybridized carbons (Fsp3) is 0.448. The zero-order valence-corrected chi connectivity index (χ0v) is 20.4. The van der Waals surface area contributed by atoms with Crippen molar-refractivity contribution in [3.8, 4) is 17.0 Å². The van der Waals surface area contributed by atoms with E-state index in [0.717, 1.165) is 43.7 Å². The lowest BCUT2D eigenvalue weighted by molar-refractivity contribution is -0.0384. The molecule has 0 atom stereocenters. The summed E-state index contributed by atoms with van der Waals surface area (Å²) < 4.78 is 0. The van der Waals surface area contributed by atoms with Gasteiger partial charge in [-0.2, -0.15) is 10.2 Å². The molecule has 6 nitrogen and oxygen atoms in total. The largest absolute Gasteiger partial charge is 0.507 e. The summed E-state index contributed by atoms with van der Waals surface area (Å²) >= 11 is 0. The van der Waals surface area contributed by atoms with Crippen molar-refractivity contribution < 1.29 is 5.11 Å². The van der Waals surface area contributed by atoms with Gasteiger partial charge in [0.25, 0.3) is 0 Å². The highest BCUT2D eigenvalue weighted by Crippen LogP contribution is 2.44. The van der Waals surface area contributed by atoms with Crippen LogP contribution in [0.15, 0.2) is 66.9 Å². The maximum absolute atomic E-state index is 10.3. The molecule has 6 heteroatoms. The number of phenolic OH excluding ortho intramolecular Hbond substituents is 1. The lowest BCUT2D eigenvalue weighted by Crippen LogP contribution is -2.63. The standard InChI is InChI=1S/C29H35N5O/c35-27-9-5-4-8-25(27)26-18-24(19-31-32-26)34-16-12-29(13-17-34,23-6-2-1-3-7-23)22-33-20-28(21-33)10-14-30-15-11-28/h1-9,18-19,30,35H,10-17,20-22H2. The van der Waals surface area contributed by atoms with Gasteiger partial charge in [-0.1, -0.05) is 42.5 Å². The molecule has 3 aliphatic rings. The third kappa shape index (κ3) is 4.41. The molecule has 3 aromatic rings. The fourth-order valence-electron chi connectivity index (χ4n) is 6.59. The van der Waals surface area contributed by atoms with E-state index in [9.17, 15) is 5.11 Å². The van der Waals surface area contributed by atoms with Crippen LogP contribution < -0.4 is 10.2 Å². The molecule has 4 heterocycles. The average Bonchev–Trinajstić information content (AvgIpc) is 2.90. The molecule has 182 valence electrons. The van der Waals surface area contributed by atoms with E-state index in [0.29, 0.717) is 11.1 Å². The lowest BCUT2D eigenvalue weighted by atomic mass is 9.68. The minimum atomic E-state index is 0.188. The van der Waals surface area contributed by atoms with Crippen LogP contribution in [0.4, 0.5) is 5.69 Å². The number of phenols is 1. The Morgan fingerprint density at radius 2 is 1.60 bits per heavy atom. The molecule has 0 unspecified atom stereocenters. The first-order valence-corrected chi connectivity index (χ1v) is 13.0. The van der Waals surface area contributed by atoms with Gasteiger partial charge in [0, 0.05) is 43.7 Å². The Balaban J connectivity index is 1.19. The zero-order valence-electron chi connectivity index (χ0n) is 20.4. The molecule has 2 N–H and O–H groups in total. The number of piperidine rings is 2. The summed E-state index contributed by atoms with van der Waals surface area (Å²) in [4.78, 5) is 5.15. The number of likely N-dealkylation sites (tertiary alicyclic amines) is 1. The molecule has 0 amide bonds. The maximum Gasteiger partial charge on any atom is 0.125 e. The van der Waals surface area contributed by atoms with Crippen molar-refractivity contribution in [1.82, 2.24) is 20.4 Å².